The second-order valence-corrected chi connectivity index (χ2v) is 16.3. The van der Waals surface area contributed by atoms with Gasteiger partial charge in [-0.15, -0.1) is 11.3 Å². The van der Waals surface area contributed by atoms with Crippen LogP contribution >= 0.6 is 11.3 Å². The van der Waals surface area contributed by atoms with Crippen LogP contribution < -0.4 is 5.32 Å². The zero-order chi connectivity index (χ0) is 38.3. The highest BCUT2D eigenvalue weighted by Crippen LogP contribution is 2.44. The van der Waals surface area contributed by atoms with Gasteiger partial charge < -0.3 is 14.3 Å². The van der Waals surface area contributed by atoms with Crippen molar-refractivity contribution in [2.75, 3.05) is 0 Å². The molecule has 1 aliphatic heterocycles. The van der Waals surface area contributed by atoms with Crippen LogP contribution in [0.4, 0.5) is 0 Å². The van der Waals surface area contributed by atoms with E-state index in [1.807, 2.05) is 17.4 Å². The van der Waals surface area contributed by atoms with Crippen LogP contribution in [0.3, 0.4) is 0 Å². The Labute approximate surface area is 338 Å². The molecule has 0 fully saturated rings. The van der Waals surface area contributed by atoms with E-state index in [4.69, 9.17) is 9.41 Å². The van der Waals surface area contributed by atoms with Gasteiger partial charge in [-0.2, -0.15) is 0 Å². The van der Waals surface area contributed by atoms with Crippen LogP contribution in [0.5, 0.6) is 0 Å². The van der Waals surface area contributed by atoms with Crippen LogP contribution in [0.25, 0.3) is 80.7 Å². The Kier molecular flexibility index (Phi) is 7.34. The fourth-order valence-electron chi connectivity index (χ4n) is 9.15. The third-order valence-corrected chi connectivity index (χ3v) is 13.0. The number of para-hydroxylation sites is 1. The van der Waals surface area contributed by atoms with E-state index in [9.17, 15) is 0 Å². The SMILES string of the molecule is C=C1C(c2cccc3oc4cc(-n5c6ccccc6c6cc(-c7ccc8sc9ccccc9c8c7)ccc65)ccc4c23)N=C(c2ccccc2)NC1c1ccccc1. The van der Waals surface area contributed by atoms with Gasteiger partial charge in [0.05, 0.1) is 17.1 Å². The summed E-state index contributed by atoms with van der Waals surface area (Å²) in [7, 11) is 0. The number of aromatic nitrogens is 1. The van der Waals surface area contributed by atoms with Crippen molar-refractivity contribution in [1.29, 1.82) is 0 Å². The number of nitrogens with one attached hydrogen (secondary N) is 1. The molecule has 0 aliphatic carbocycles. The molecule has 5 heteroatoms. The molecule has 3 aromatic heterocycles. The molecule has 0 bridgehead atoms. The van der Waals surface area contributed by atoms with Gasteiger partial charge in [0.1, 0.15) is 23.0 Å². The van der Waals surface area contributed by atoms with E-state index in [1.54, 1.807) is 0 Å². The molecule has 4 nitrogen and oxygen atoms in total. The number of furan rings is 1. The maximum atomic E-state index is 6.73. The molecule has 0 spiro atoms. The summed E-state index contributed by atoms with van der Waals surface area (Å²) in [6, 6.07) is 64.7. The zero-order valence-corrected chi connectivity index (χ0v) is 32.2. The van der Waals surface area contributed by atoms with Gasteiger partial charge in [0.25, 0.3) is 0 Å². The first-order valence-corrected chi connectivity index (χ1v) is 20.5. The van der Waals surface area contributed by atoms with Crippen LogP contribution in [0.1, 0.15) is 28.8 Å². The number of nitrogens with zero attached hydrogens (tertiary/aromatic N) is 2. The van der Waals surface area contributed by atoms with Crippen LogP contribution in [0, 0.1) is 0 Å². The number of benzene rings is 8. The van der Waals surface area contributed by atoms with Crippen molar-refractivity contribution in [3.63, 3.8) is 0 Å². The van der Waals surface area contributed by atoms with Gasteiger partial charge in [-0.3, -0.25) is 4.99 Å². The lowest BCUT2D eigenvalue weighted by atomic mass is 9.87. The molecule has 1 N–H and O–H groups in total. The van der Waals surface area contributed by atoms with E-state index in [1.165, 1.54) is 42.1 Å². The van der Waals surface area contributed by atoms with Crippen LogP contribution in [0.15, 0.2) is 204 Å². The lowest BCUT2D eigenvalue weighted by molar-refractivity contribution is 0.630. The predicted molar refractivity (Wildman–Crippen MR) is 244 cm³/mol. The fourth-order valence-corrected chi connectivity index (χ4v) is 10.2. The maximum Gasteiger partial charge on any atom is 0.137 e. The van der Waals surface area contributed by atoms with Gasteiger partial charge in [0.15, 0.2) is 0 Å². The second-order valence-electron chi connectivity index (χ2n) is 15.2. The molecule has 8 aromatic carbocycles. The minimum atomic E-state index is -0.281. The Hall–Kier alpha value is -7.21. The first-order chi connectivity index (χ1) is 28.7. The number of aliphatic imine (C=N–C) groups is 1. The molecule has 0 radical (unpaired) electrons. The van der Waals surface area contributed by atoms with Crippen molar-refractivity contribution in [2.24, 2.45) is 4.99 Å². The molecule has 11 aromatic rings. The molecule has 4 heterocycles. The van der Waals surface area contributed by atoms with Crippen LogP contribution in [-0.4, -0.2) is 10.4 Å². The smallest absolute Gasteiger partial charge is 0.137 e. The third kappa shape index (κ3) is 5.10. The first-order valence-electron chi connectivity index (χ1n) is 19.7. The molecule has 0 amide bonds. The minimum Gasteiger partial charge on any atom is -0.456 e. The summed E-state index contributed by atoms with van der Waals surface area (Å²) < 4.78 is 11.7. The highest BCUT2D eigenvalue weighted by atomic mass is 32.1. The monoisotopic (exact) mass is 761 g/mol. The largest absolute Gasteiger partial charge is 0.456 e. The van der Waals surface area contributed by atoms with Crippen molar-refractivity contribution in [3.05, 3.63) is 211 Å². The van der Waals surface area contributed by atoms with Gasteiger partial charge in [-0.25, -0.2) is 0 Å². The second kappa shape index (κ2) is 12.9. The number of amidine groups is 1. The molecule has 2 atom stereocenters. The predicted octanol–water partition coefficient (Wildman–Crippen LogP) is 14.1. The molecule has 12 rings (SSSR count). The van der Waals surface area contributed by atoms with Crippen molar-refractivity contribution in [3.8, 4) is 16.8 Å². The van der Waals surface area contributed by atoms with Crippen molar-refractivity contribution >= 4 is 81.1 Å². The molecular formula is C53H35N3OS. The fraction of sp³-hybridized carbons (Fsp3) is 0.0377. The van der Waals surface area contributed by atoms with E-state index in [0.29, 0.717) is 0 Å². The summed E-state index contributed by atoms with van der Waals surface area (Å²) in [5, 5.41) is 10.9. The first kappa shape index (κ1) is 33.0. The minimum absolute atomic E-state index is 0.104. The van der Waals surface area contributed by atoms with Crippen molar-refractivity contribution in [1.82, 2.24) is 9.88 Å². The standard InChI is InChI=1S/C53H35N3OS/c1-32-51(33-13-4-2-5-14-33)54-53(34-15-6-3-7-16-34)55-52(32)41-19-12-21-46-50(41)40-26-25-37(31-47(40)57-46)56-44-20-10-8-17-38(44)42-29-35(23-27-45(42)56)36-24-28-49-43(30-36)39-18-9-11-22-48(39)58-49/h2-31,51-52H,1H2,(H,54,55). The van der Waals surface area contributed by atoms with Gasteiger partial charge in [0.2, 0.25) is 0 Å². The topological polar surface area (TPSA) is 42.5 Å². The van der Waals surface area contributed by atoms with Crippen molar-refractivity contribution < 1.29 is 4.42 Å². The average molecular weight is 762 g/mol. The molecule has 1 aliphatic rings. The summed E-state index contributed by atoms with van der Waals surface area (Å²) >= 11 is 1.86. The Morgan fingerprint density at radius 1 is 0.534 bits per heavy atom. The normalized spacial score (nSPS) is 15.9. The molecule has 0 saturated heterocycles. The number of rotatable bonds is 5. The van der Waals surface area contributed by atoms with E-state index in [2.05, 4.69) is 192 Å². The van der Waals surface area contributed by atoms with Gasteiger partial charge in [-0.05, 0) is 82.4 Å². The van der Waals surface area contributed by atoms with Gasteiger partial charge >= 0.3 is 0 Å². The molecule has 58 heavy (non-hydrogen) atoms. The van der Waals surface area contributed by atoms with Gasteiger partial charge in [0, 0.05) is 59.0 Å². The summed E-state index contributed by atoms with van der Waals surface area (Å²) in [5.74, 6) is 0.856. The van der Waals surface area contributed by atoms with E-state index in [0.717, 1.165) is 66.8 Å². The Morgan fingerprint density at radius 2 is 1.24 bits per heavy atom. The summed E-state index contributed by atoms with van der Waals surface area (Å²) in [6.45, 7) is 4.68. The number of hydrogen-bond acceptors (Lipinski definition) is 4. The number of fused-ring (bicyclic) bond motifs is 9. The molecular weight excluding hydrogens is 727 g/mol. The Morgan fingerprint density at radius 3 is 2.10 bits per heavy atom. The number of hydrogen-bond donors (Lipinski definition) is 1. The zero-order valence-electron chi connectivity index (χ0n) is 31.4. The lowest BCUT2D eigenvalue weighted by Gasteiger charge is -2.33. The quantitative estimate of drug-likeness (QED) is 0.178. The Balaban J connectivity index is 0.987. The summed E-state index contributed by atoms with van der Waals surface area (Å²) in [4.78, 5) is 5.36. The van der Waals surface area contributed by atoms with E-state index in [-0.39, 0.29) is 12.1 Å². The van der Waals surface area contributed by atoms with Gasteiger partial charge in [-0.1, -0.05) is 128 Å². The summed E-state index contributed by atoms with van der Waals surface area (Å²) in [6.07, 6.45) is 0. The highest BCUT2D eigenvalue weighted by molar-refractivity contribution is 7.25. The molecule has 2 unspecified atom stereocenters. The van der Waals surface area contributed by atoms with E-state index < -0.39 is 0 Å². The average Bonchev–Trinajstić information content (AvgIpc) is 3.96. The summed E-state index contributed by atoms with van der Waals surface area (Å²) in [5.41, 5.74) is 11.8. The number of thiophene rings is 1. The van der Waals surface area contributed by atoms with Crippen LogP contribution in [-0.2, 0) is 0 Å². The maximum absolute atomic E-state index is 6.73. The third-order valence-electron chi connectivity index (χ3n) is 11.9. The highest BCUT2D eigenvalue weighted by Gasteiger charge is 2.32. The lowest BCUT2D eigenvalue weighted by Crippen LogP contribution is -2.36. The van der Waals surface area contributed by atoms with Crippen LogP contribution in [0.2, 0.25) is 0 Å². The van der Waals surface area contributed by atoms with Crippen molar-refractivity contribution in [2.45, 2.75) is 12.1 Å². The molecule has 0 saturated carbocycles. The van der Waals surface area contributed by atoms with E-state index >= 15 is 0 Å². The molecule has 274 valence electrons. The Bertz CT molecular complexity index is 3460.